The third-order valence-corrected chi connectivity index (χ3v) is 14.1. The quantitative estimate of drug-likeness (QED) is 0.167. The van der Waals surface area contributed by atoms with Crippen LogP contribution in [-0.2, 0) is 0 Å². The molecule has 0 fully saturated rings. The predicted octanol–water partition coefficient (Wildman–Crippen LogP) is 16.9. The van der Waals surface area contributed by atoms with E-state index in [1.165, 1.54) is 61.3 Å². The molecule has 0 spiro atoms. The topological polar surface area (TPSA) is 29.5 Å². The lowest BCUT2D eigenvalue weighted by Gasteiger charge is -2.45. The highest BCUT2D eigenvalue weighted by Gasteiger charge is 2.44. The van der Waals surface area contributed by atoms with Gasteiger partial charge in [-0.1, -0.05) is 176 Å². The smallest absolute Gasteiger partial charge is 0.143 e. The molecule has 304 valence electrons. The van der Waals surface area contributed by atoms with E-state index in [1.54, 1.807) is 0 Å². The van der Waals surface area contributed by atoms with Crippen LogP contribution in [0.2, 0.25) is 0 Å². The van der Waals surface area contributed by atoms with E-state index in [1.807, 2.05) is 12.1 Å². The number of anilines is 3. The minimum absolute atomic E-state index is 0.0342. The number of rotatable bonds is 6. The molecule has 3 heteroatoms. The van der Waals surface area contributed by atoms with Gasteiger partial charge in [0.15, 0.2) is 0 Å². The van der Waals surface area contributed by atoms with Gasteiger partial charge in [-0.05, 0) is 110 Å². The van der Waals surface area contributed by atoms with E-state index in [0.29, 0.717) is 0 Å². The summed E-state index contributed by atoms with van der Waals surface area (Å²) in [7, 11) is 0. The monoisotopic (exact) mass is 829 g/mol. The molecule has 3 aliphatic carbocycles. The zero-order valence-corrected chi connectivity index (χ0v) is 35.3. The number of benzene rings is 10. The average Bonchev–Trinajstić information content (AvgIpc) is 3.95. The van der Waals surface area contributed by atoms with E-state index in [4.69, 9.17) is 8.83 Å². The van der Waals surface area contributed by atoms with E-state index in [9.17, 15) is 0 Å². The Balaban J connectivity index is 0.998. The largest absolute Gasteiger partial charge is 0.456 e. The van der Waals surface area contributed by atoms with Crippen LogP contribution in [0.3, 0.4) is 0 Å². The van der Waals surface area contributed by atoms with Gasteiger partial charge in [0.1, 0.15) is 22.3 Å². The van der Waals surface area contributed by atoms with E-state index in [2.05, 4.69) is 217 Å². The molecule has 15 rings (SSSR count). The first-order valence-corrected chi connectivity index (χ1v) is 22.5. The summed E-state index contributed by atoms with van der Waals surface area (Å²) in [6, 6.07) is 81.7. The molecule has 2 aromatic heterocycles. The van der Waals surface area contributed by atoms with Crippen LogP contribution in [0.15, 0.2) is 233 Å². The predicted molar refractivity (Wildman–Crippen MR) is 267 cm³/mol. The van der Waals surface area contributed by atoms with Gasteiger partial charge in [0.05, 0.1) is 5.69 Å². The molecule has 0 aliphatic heterocycles. The highest BCUT2D eigenvalue weighted by Crippen LogP contribution is 2.61. The summed E-state index contributed by atoms with van der Waals surface area (Å²) in [5.41, 5.74) is 22.3. The van der Waals surface area contributed by atoms with Crippen molar-refractivity contribution in [3.05, 3.63) is 258 Å². The van der Waals surface area contributed by atoms with Crippen LogP contribution in [-0.4, -0.2) is 0 Å². The second kappa shape index (κ2) is 14.1. The van der Waals surface area contributed by atoms with Gasteiger partial charge in [-0.2, -0.15) is 0 Å². The first kappa shape index (κ1) is 36.1. The molecule has 65 heavy (non-hydrogen) atoms. The van der Waals surface area contributed by atoms with Gasteiger partial charge < -0.3 is 13.7 Å². The lowest BCUT2D eigenvalue weighted by molar-refractivity contribution is 0.669. The summed E-state index contributed by atoms with van der Waals surface area (Å²) in [5.74, 6) is 0.0933. The molecule has 0 saturated carbocycles. The number of fused-ring (bicyclic) bond motifs is 6. The second-order valence-corrected chi connectivity index (χ2v) is 17.5. The summed E-state index contributed by atoms with van der Waals surface area (Å²) >= 11 is 0. The average molecular weight is 830 g/mol. The Morgan fingerprint density at radius 2 is 0.815 bits per heavy atom. The van der Waals surface area contributed by atoms with Crippen molar-refractivity contribution < 1.29 is 8.83 Å². The van der Waals surface area contributed by atoms with Crippen LogP contribution in [0.25, 0.3) is 77.3 Å². The number of furan rings is 2. The van der Waals surface area contributed by atoms with Crippen LogP contribution in [0.4, 0.5) is 17.1 Å². The highest BCUT2D eigenvalue weighted by atomic mass is 16.3. The molecular formula is C62H39NO2. The SMILES string of the molecule is c1ccc(-c2ccc(N(c3ccc4oc5ccccc5c4c3)c3ccc(-c4ccc(-c5cccc6c5oc5ccccc56)cc4)c4c3C3c5ccccc5C4c4ccccc43)cc2)cc1. The highest BCUT2D eigenvalue weighted by molar-refractivity contribution is 6.10. The van der Waals surface area contributed by atoms with Crippen molar-refractivity contribution in [3.8, 4) is 33.4 Å². The van der Waals surface area contributed by atoms with Crippen molar-refractivity contribution in [1.29, 1.82) is 0 Å². The molecule has 0 saturated heterocycles. The van der Waals surface area contributed by atoms with E-state index in [-0.39, 0.29) is 11.8 Å². The van der Waals surface area contributed by atoms with Crippen LogP contribution in [0, 0.1) is 0 Å². The summed E-state index contributed by atoms with van der Waals surface area (Å²) in [6.45, 7) is 0. The lowest BCUT2D eigenvalue weighted by Crippen LogP contribution is -2.30. The summed E-state index contributed by atoms with van der Waals surface area (Å²) in [4.78, 5) is 2.49. The third-order valence-electron chi connectivity index (χ3n) is 14.1. The van der Waals surface area contributed by atoms with Crippen LogP contribution >= 0.6 is 0 Å². The fourth-order valence-corrected chi connectivity index (χ4v) is 11.2. The molecule has 0 radical (unpaired) electrons. The lowest BCUT2D eigenvalue weighted by atomic mass is 9.59. The van der Waals surface area contributed by atoms with Gasteiger partial charge >= 0.3 is 0 Å². The number of hydrogen-bond acceptors (Lipinski definition) is 3. The Kier molecular flexibility index (Phi) is 7.81. The van der Waals surface area contributed by atoms with E-state index < -0.39 is 0 Å². The van der Waals surface area contributed by atoms with Gasteiger partial charge in [-0.3, -0.25) is 0 Å². The van der Waals surface area contributed by atoms with E-state index >= 15 is 0 Å². The summed E-state index contributed by atoms with van der Waals surface area (Å²) in [5, 5.41) is 4.50. The maximum Gasteiger partial charge on any atom is 0.143 e. The minimum atomic E-state index is 0.0342. The molecule has 12 aromatic rings. The third kappa shape index (κ3) is 5.42. The molecule has 2 heterocycles. The zero-order chi connectivity index (χ0) is 42.6. The Morgan fingerprint density at radius 3 is 1.51 bits per heavy atom. The Bertz CT molecular complexity index is 3790. The number of hydrogen-bond donors (Lipinski definition) is 0. The molecule has 3 aliphatic rings. The molecule has 2 bridgehead atoms. The van der Waals surface area contributed by atoms with Gasteiger partial charge in [-0.15, -0.1) is 0 Å². The van der Waals surface area contributed by atoms with Gasteiger partial charge in [0.2, 0.25) is 0 Å². The molecule has 0 unspecified atom stereocenters. The number of para-hydroxylation sites is 3. The minimum Gasteiger partial charge on any atom is -0.456 e. The molecule has 3 nitrogen and oxygen atoms in total. The molecule has 0 amide bonds. The maximum atomic E-state index is 6.50. The molecule has 0 atom stereocenters. The van der Waals surface area contributed by atoms with Crippen molar-refractivity contribution in [2.45, 2.75) is 11.8 Å². The van der Waals surface area contributed by atoms with E-state index in [0.717, 1.165) is 66.4 Å². The zero-order valence-electron chi connectivity index (χ0n) is 35.3. The van der Waals surface area contributed by atoms with Gasteiger partial charge in [0.25, 0.3) is 0 Å². The first-order valence-electron chi connectivity index (χ1n) is 22.5. The second-order valence-electron chi connectivity index (χ2n) is 17.5. The van der Waals surface area contributed by atoms with Crippen LogP contribution < -0.4 is 4.90 Å². The van der Waals surface area contributed by atoms with Crippen molar-refractivity contribution in [3.63, 3.8) is 0 Å². The van der Waals surface area contributed by atoms with Crippen molar-refractivity contribution >= 4 is 60.9 Å². The molecular weight excluding hydrogens is 791 g/mol. The van der Waals surface area contributed by atoms with Gasteiger partial charge in [-0.25, -0.2) is 0 Å². The fraction of sp³-hybridized carbons (Fsp3) is 0.0323. The van der Waals surface area contributed by atoms with Crippen molar-refractivity contribution in [2.24, 2.45) is 0 Å². The normalized spacial score (nSPS) is 14.8. The van der Waals surface area contributed by atoms with Crippen LogP contribution in [0.1, 0.15) is 45.2 Å². The summed E-state index contributed by atoms with van der Waals surface area (Å²) in [6.07, 6.45) is 0. The molecule has 10 aromatic carbocycles. The standard InChI is InChI=1S/C62H39NO2/c1-2-13-38(14-3-1)39-29-31-42(32-30-39)63(43-33-36-57-53(37-43)47-16-9-10-23-55(47)64-57)54-35-34-44(60-58-48-17-4-6-19-50(48)59(61(54)60)51-20-7-5-18-49(51)58)40-25-27-41(28-26-40)45-21-12-22-52-46-15-8-11-24-56(46)65-62(45)52/h1-37,58-59H. The maximum absolute atomic E-state index is 6.50. The fourth-order valence-electron chi connectivity index (χ4n) is 11.2. The van der Waals surface area contributed by atoms with Crippen molar-refractivity contribution in [2.75, 3.05) is 4.90 Å². The first-order chi connectivity index (χ1) is 32.2. The van der Waals surface area contributed by atoms with Crippen molar-refractivity contribution in [1.82, 2.24) is 0 Å². The van der Waals surface area contributed by atoms with Gasteiger partial charge in [0, 0.05) is 50.3 Å². The Hall–Kier alpha value is -8.40. The molecule has 0 N–H and O–H groups in total. The Labute approximate surface area is 376 Å². The number of nitrogens with zero attached hydrogens (tertiary/aromatic N) is 1. The summed E-state index contributed by atoms with van der Waals surface area (Å²) < 4.78 is 12.9. The van der Waals surface area contributed by atoms with Crippen LogP contribution in [0.5, 0.6) is 0 Å². The Morgan fingerprint density at radius 1 is 0.308 bits per heavy atom.